The monoisotopic (exact) mass is 239 g/mol. The highest BCUT2D eigenvalue weighted by molar-refractivity contribution is 5.86. The lowest BCUT2D eigenvalue weighted by molar-refractivity contribution is 0.741. The highest BCUT2D eigenvalue weighted by Gasteiger charge is 2.06. The third-order valence-corrected chi connectivity index (χ3v) is 3.58. The van der Waals surface area contributed by atoms with E-state index in [9.17, 15) is 0 Å². The Morgan fingerprint density at radius 1 is 0.944 bits per heavy atom. The first kappa shape index (κ1) is 13.1. The van der Waals surface area contributed by atoms with Gasteiger partial charge in [0.05, 0.1) is 0 Å². The smallest absolute Gasteiger partial charge is 0.0149 e. The van der Waals surface area contributed by atoms with Gasteiger partial charge in [-0.2, -0.15) is 0 Å². The molecule has 2 aromatic carbocycles. The fraction of sp³-hybridized carbons (Fsp3) is 0.389. The number of unbranched alkanes of at least 4 members (excludes halogenated alkanes) is 2. The van der Waals surface area contributed by atoms with E-state index in [2.05, 4.69) is 50.2 Å². The normalized spacial score (nSPS) is 11.0. The highest BCUT2D eigenvalue weighted by atomic mass is 14.1. The minimum absolute atomic E-state index is 1.05. The summed E-state index contributed by atoms with van der Waals surface area (Å²) in [6.45, 7) is 6.20. The minimum Gasteiger partial charge on any atom is -0.0651 e. The summed E-state index contributed by atoms with van der Waals surface area (Å²) in [4.78, 5) is 0. The van der Waals surface area contributed by atoms with Crippen molar-refractivity contribution < 1.29 is 0 Å². The maximum Gasteiger partial charge on any atom is -0.0149 e. The van der Waals surface area contributed by atoms with Crippen LogP contribution in [0.1, 0.15) is 43.7 Å². The molecule has 0 spiro atoms. The second kappa shape index (κ2) is 6.58. The zero-order valence-corrected chi connectivity index (χ0v) is 11.4. The first-order chi connectivity index (χ1) is 8.86. The molecule has 0 aliphatic carbocycles. The molecule has 0 aromatic heterocycles. The van der Waals surface area contributed by atoms with Crippen LogP contribution in [0.3, 0.4) is 0 Å². The molecule has 0 aliphatic rings. The van der Waals surface area contributed by atoms with Gasteiger partial charge in [-0.25, -0.2) is 0 Å². The Hall–Kier alpha value is -1.30. The van der Waals surface area contributed by atoms with Crippen molar-refractivity contribution in [1.29, 1.82) is 0 Å². The molecule has 0 heteroatoms. The molecule has 0 bridgehead atoms. The molecule has 0 atom stereocenters. The lowest BCUT2D eigenvalue weighted by Crippen LogP contribution is -1.96. The molecular formula is C18H23. The van der Waals surface area contributed by atoms with E-state index in [1.165, 1.54) is 42.9 Å². The van der Waals surface area contributed by atoms with Crippen molar-refractivity contribution in [3.63, 3.8) is 0 Å². The first-order valence-corrected chi connectivity index (χ1v) is 7.15. The van der Waals surface area contributed by atoms with E-state index in [-0.39, 0.29) is 0 Å². The standard InChI is InChI=1S/C18H23/c1-3-5-6-11-17-15(9-4-2)13-14-16-10-7-8-12-18(16)17/h7-8,10,12-14H,1,3-6,9,11H2,2H3. The summed E-state index contributed by atoms with van der Waals surface area (Å²) in [5.74, 6) is 0. The van der Waals surface area contributed by atoms with Crippen LogP contribution < -0.4 is 0 Å². The molecule has 95 valence electrons. The highest BCUT2D eigenvalue weighted by Crippen LogP contribution is 2.25. The summed E-state index contributed by atoms with van der Waals surface area (Å²) in [5.41, 5.74) is 3.11. The van der Waals surface area contributed by atoms with Gasteiger partial charge in [0.2, 0.25) is 0 Å². The first-order valence-electron chi connectivity index (χ1n) is 7.15. The van der Waals surface area contributed by atoms with Gasteiger partial charge in [0.25, 0.3) is 0 Å². The molecule has 2 aromatic rings. The van der Waals surface area contributed by atoms with E-state index in [1.807, 2.05) is 0 Å². The zero-order chi connectivity index (χ0) is 12.8. The summed E-state index contributed by atoms with van der Waals surface area (Å²) in [7, 11) is 0. The van der Waals surface area contributed by atoms with Crippen LogP contribution in [-0.4, -0.2) is 0 Å². The van der Waals surface area contributed by atoms with Crippen LogP contribution >= 0.6 is 0 Å². The number of hydrogen-bond acceptors (Lipinski definition) is 0. The molecule has 0 N–H and O–H groups in total. The molecule has 0 heterocycles. The second-order valence-corrected chi connectivity index (χ2v) is 4.99. The van der Waals surface area contributed by atoms with Gasteiger partial charge in [-0.3, -0.25) is 0 Å². The van der Waals surface area contributed by atoms with Crippen molar-refractivity contribution in [2.45, 2.75) is 45.4 Å². The van der Waals surface area contributed by atoms with Crippen LogP contribution in [0.25, 0.3) is 10.8 Å². The molecule has 2 rings (SSSR count). The van der Waals surface area contributed by atoms with Crippen LogP contribution in [0.15, 0.2) is 36.4 Å². The summed E-state index contributed by atoms with van der Waals surface area (Å²) in [6, 6.07) is 13.4. The maximum absolute atomic E-state index is 3.94. The van der Waals surface area contributed by atoms with Gasteiger partial charge in [0, 0.05) is 0 Å². The van der Waals surface area contributed by atoms with Crippen molar-refractivity contribution in [1.82, 2.24) is 0 Å². The lowest BCUT2D eigenvalue weighted by Gasteiger charge is -2.12. The molecule has 0 saturated heterocycles. The Morgan fingerprint density at radius 3 is 2.56 bits per heavy atom. The Labute approximate surface area is 111 Å². The minimum atomic E-state index is 1.05. The van der Waals surface area contributed by atoms with Crippen molar-refractivity contribution in [3.05, 3.63) is 54.4 Å². The number of fused-ring (bicyclic) bond motifs is 1. The molecule has 0 fully saturated rings. The van der Waals surface area contributed by atoms with E-state index < -0.39 is 0 Å². The molecule has 18 heavy (non-hydrogen) atoms. The number of benzene rings is 2. The van der Waals surface area contributed by atoms with Crippen LogP contribution in [0, 0.1) is 6.92 Å². The Morgan fingerprint density at radius 2 is 1.78 bits per heavy atom. The summed E-state index contributed by atoms with van der Waals surface area (Å²) in [5, 5.41) is 2.83. The van der Waals surface area contributed by atoms with Gasteiger partial charge in [-0.1, -0.05) is 69.5 Å². The Bertz CT molecular complexity index is 496. The largest absolute Gasteiger partial charge is 0.0651 e. The van der Waals surface area contributed by atoms with Crippen LogP contribution in [-0.2, 0) is 12.8 Å². The van der Waals surface area contributed by atoms with E-state index in [0.717, 1.165) is 6.42 Å². The van der Waals surface area contributed by atoms with E-state index in [0.29, 0.717) is 0 Å². The molecule has 0 saturated carbocycles. The predicted molar refractivity (Wildman–Crippen MR) is 80.9 cm³/mol. The topological polar surface area (TPSA) is 0 Å². The van der Waals surface area contributed by atoms with E-state index >= 15 is 0 Å². The third-order valence-electron chi connectivity index (χ3n) is 3.58. The van der Waals surface area contributed by atoms with Crippen LogP contribution in [0.2, 0.25) is 0 Å². The Balaban J connectivity index is 2.38. The van der Waals surface area contributed by atoms with Crippen molar-refractivity contribution in [3.8, 4) is 0 Å². The van der Waals surface area contributed by atoms with Gasteiger partial charge in [-0.15, -0.1) is 0 Å². The molecule has 0 aliphatic heterocycles. The van der Waals surface area contributed by atoms with Gasteiger partial charge in [0.1, 0.15) is 0 Å². The van der Waals surface area contributed by atoms with Gasteiger partial charge >= 0.3 is 0 Å². The van der Waals surface area contributed by atoms with E-state index in [1.54, 1.807) is 11.1 Å². The number of hydrogen-bond donors (Lipinski definition) is 0. The SMILES string of the molecule is [CH2]CCCCc1c(CCC)ccc2ccccc12. The summed E-state index contributed by atoms with van der Waals surface area (Å²) >= 11 is 0. The lowest BCUT2D eigenvalue weighted by atomic mass is 9.92. The number of rotatable bonds is 6. The maximum atomic E-state index is 3.94. The zero-order valence-electron chi connectivity index (χ0n) is 11.4. The number of aryl methyl sites for hydroxylation is 2. The Kier molecular flexibility index (Phi) is 4.81. The van der Waals surface area contributed by atoms with Crippen molar-refractivity contribution in [2.75, 3.05) is 0 Å². The third kappa shape index (κ3) is 2.93. The predicted octanol–water partition coefficient (Wildman–Crippen LogP) is 5.34. The summed E-state index contributed by atoms with van der Waals surface area (Å²) < 4.78 is 0. The fourth-order valence-electron chi connectivity index (χ4n) is 2.66. The summed E-state index contributed by atoms with van der Waals surface area (Å²) in [6.07, 6.45) is 7.16. The van der Waals surface area contributed by atoms with Crippen molar-refractivity contribution >= 4 is 10.8 Å². The molecular weight excluding hydrogens is 216 g/mol. The molecule has 0 nitrogen and oxygen atoms in total. The second-order valence-electron chi connectivity index (χ2n) is 4.99. The molecule has 1 radical (unpaired) electrons. The fourth-order valence-corrected chi connectivity index (χ4v) is 2.66. The van der Waals surface area contributed by atoms with E-state index in [4.69, 9.17) is 0 Å². The molecule has 0 amide bonds. The molecule has 0 unspecified atom stereocenters. The van der Waals surface area contributed by atoms with Crippen LogP contribution in [0.4, 0.5) is 0 Å². The average Bonchev–Trinajstić information content (AvgIpc) is 2.41. The van der Waals surface area contributed by atoms with Gasteiger partial charge in [0.15, 0.2) is 0 Å². The van der Waals surface area contributed by atoms with Crippen molar-refractivity contribution in [2.24, 2.45) is 0 Å². The van der Waals surface area contributed by atoms with Gasteiger partial charge in [-0.05, 0) is 41.2 Å². The quantitative estimate of drug-likeness (QED) is 0.597. The average molecular weight is 239 g/mol. The van der Waals surface area contributed by atoms with Gasteiger partial charge < -0.3 is 0 Å². The van der Waals surface area contributed by atoms with Crippen LogP contribution in [0.5, 0.6) is 0 Å².